The van der Waals surface area contributed by atoms with Gasteiger partial charge in [0, 0.05) is 35.3 Å². The first kappa shape index (κ1) is 25.1. The monoisotopic (exact) mass is 517 g/mol. The number of hydrogen-bond donors (Lipinski definition) is 1. The van der Waals surface area contributed by atoms with Crippen molar-refractivity contribution < 1.29 is 22.1 Å². The van der Waals surface area contributed by atoms with Gasteiger partial charge in [0.2, 0.25) is 15.9 Å². The molecule has 1 N–H and O–H groups in total. The fourth-order valence-electron chi connectivity index (χ4n) is 4.06. The molecule has 3 aromatic rings. The minimum absolute atomic E-state index is 0.0313. The molecule has 1 fully saturated rings. The molecule has 0 bridgehead atoms. The van der Waals surface area contributed by atoms with Crippen LogP contribution in [-0.4, -0.2) is 36.9 Å². The van der Waals surface area contributed by atoms with Crippen LogP contribution in [0.5, 0.6) is 0 Å². The smallest absolute Gasteiger partial charge is 0.248 e. The van der Waals surface area contributed by atoms with Gasteiger partial charge in [0.05, 0.1) is 0 Å². The number of carbonyl (C=O) groups is 1. The molecule has 4 rings (SSSR count). The van der Waals surface area contributed by atoms with Crippen molar-refractivity contribution in [3.8, 4) is 0 Å². The van der Waals surface area contributed by atoms with Crippen LogP contribution in [0.2, 0.25) is 5.02 Å². The first-order valence-corrected chi connectivity index (χ1v) is 12.9. The molecule has 184 valence electrons. The summed E-state index contributed by atoms with van der Waals surface area (Å²) in [5, 5.41) is 7.32. The Morgan fingerprint density at radius 3 is 2.57 bits per heavy atom. The highest BCUT2D eigenvalue weighted by molar-refractivity contribution is 7.89. The Morgan fingerprint density at radius 1 is 1.17 bits per heavy atom. The number of benzene rings is 2. The largest absolute Gasteiger partial charge is 0.355 e. The van der Waals surface area contributed by atoms with Gasteiger partial charge in [0.1, 0.15) is 11.5 Å². The van der Waals surface area contributed by atoms with Crippen molar-refractivity contribution in [3.63, 3.8) is 0 Å². The van der Waals surface area contributed by atoms with Gasteiger partial charge in [-0.1, -0.05) is 35.0 Å². The first-order chi connectivity index (χ1) is 16.7. The average molecular weight is 518 g/mol. The van der Waals surface area contributed by atoms with E-state index in [-0.39, 0.29) is 41.3 Å². The molecule has 2 heterocycles. The highest BCUT2D eigenvalue weighted by atomic mass is 35.5. The van der Waals surface area contributed by atoms with E-state index in [1.165, 1.54) is 22.5 Å². The van der Waals surface area contributed by atoms with Crippen LogP contribution < -0.4 is 5.32 Å². The first-order valence-electron chi connectivity index (χ1n) is 11.1. The molecule has 1 aliphatic heterocycles. The lowest BCUT2D eigenvalue weighted by atomic mass is 9.97. The third-order valence-electron chi connectivity index (χ3n) is 6.02. The molecule has 0 spiro atoms. The van der Waals surface area contributed by atoms with Crippen LogP contribution in [0.3, 0.4) is 0 Å². The number of nitrogens with one attached hydrogen (secondary N) is 1. The Hall–Kier alpha value is -3.01. The zero-order valence-corrected chi connectivity index (χ0v) is 20.9. The number of anilines is 1. The highest BCUT2D eigenvalue weighted by Crippen LogP contribution is 2.30. The van der Waals surface area contributed by atoms with Crippen molar-refractivity contribution in [3.05, 3.63) is 75.9 Å². The summed E-state index contributed by atoms with van der Waals surface area (Å²) in [4.78, 5) is 12.7. The van der Waals surface area contributed by atoms with Gasteiger partial charge in [0.25, 0.3) is 0 Å². The van der Waals surface area contributed by atoms with Crippen molar-refractivity contribution >= 4 is 45.4 Å². The summed E-state index contributed by atoms with van der Waals surface area (Å²) < 4.78 is 47.4. The predicted molar refractivity (Wildman–Crippen MR) is 133 cm³/mol. The van der Waals surface area contributed by atoms with Crippen molar-refractivity contribution in [1.29, 1.82) is 0 Å². The second kappa shape index (κ2) is 10.3. The zero-order valence-electron chi connectivity index (χ0n) is 19.3. The summed E-state index contributed by atoms with van der Waals surface area (Å²) in [5.41, 5.74) is 2.05. The zero-order chi connectivity index (χ0) is 25.2. The maximum atomic E-state index is 13.9. The maximum absolute atomic E-state index is 13.9. The van der Waals surface area contributed by atoms with Gasteiger partial charge in [-0.3, -0.25) is 4.79 Å². The Morgan fingerprint density at radius 2 is 1.89 bits per heavy atom. The topological polar surface area (TPSA) is 92.5 Å². The number of sulfonamides is 1. The lowest BCUT2D eigenvalue weighted by molar-refractivity contribution is -0.120. The van der Waals surface area contributed by atoms with Crippen LogP contribution in [0, 0.1) is 25.6 Å². The van der Waals surface area contributed by atoms with E-state index >= 15 is 0 Å². The standard InChI is InChI=1S/C25H25ClFN3O4S/c1-16-15-20(26)8-9-22(16)28-25(31)19-11-13-30(14-12-19)35(32,33)24-17(2)29-34-23(24)10-7-18-5-3-4-6-21(18)27/h3-10,15,19H,11-14H2,1-2H3,(H,28,31)/b10-7+. The lowest BCUT2D eigenvalue weighted by Crippen LogP contribution is -2.41. The van der Waals surface area contributed by atoms with Gasteiger partial charge in [-0.25, -0.2) is 12.8 Å². The van der Waals surface area contributed by atoms with Gasteiger partial charge in [-0.2, -0.15) is 4.31 Å². The average Bonchev–Trinajstić information content (AvgIpc) is 3.21. The van der Waals surface area contributed by atoms with E-state index in [1.807, 2.05) is 6.92 Å². The molecule has 1 amide bonds. The molecule has 7 nitrogen and oxygen atoms in total. The van der Waals surface area contributed by atoms with E-state index in [1.54, 1.807) is 43.3 Å². The number of halogens is 2. The molecule has 1 aliphatic rings. The SMILES string of the molecule is Cc1cc(Cl)ccc1NC(=O)C1CCN(S(=O)(=O)c2c(C)noc2/C=C/c2ccccc2F)CC1. The summed E-state index contributed by atoms with van der Waals surface area (Å²) >= 11 is 5.98. The third-order valence-corrected chi connectivity index (χ3v) is 8.31. The normalized spacial score (nSPS) is 15.5. The van der Waals surface area contributed by atoms with Crippen LogP contribution in [0.4, 0.5) is 10.1 Å². The van der Waals surface area contributed by atoms with Gasteiger partial charge < -0.3 is 9.84 Å². The molecule has 0 aliphatic carbocycles. The van der Waals surface area contributed by atoms with E-state index in [0.717, 1.165) is 5.56 Å². The summed E-state index contributed by atoms with van der Waals surface area (Å²) in [6.07, 6.45) is 3.61. The third kappa shape index (κ3) is 5.47. The van der Waals surface area contributed by atoms with E-state index in [9.17, 15) is 17.6 Å². The maximum Gasteiger partial charge on any atom is 0.248 e. The van der Waals surface area contributed by atoms with Crippen molar-refractivity contribution in [2.24, 2.45) is 5.92 Å². The lowest BCUT2D eigenvalue weighted by Gasteiger charge is -2.30. The van der Waals surface area contributed by atoms with E-state index in [4.69, 9.17) is 16.1 Å². The van der Waals surface area contributed by atoms with Crippen molar-refractivity contribution in [2.75, 3.05) is 18.4 Å². The molecule has 0 saturated carbocycles. The Kier molecular flexibility index (Phi) is 7.39. The number of aryl methyl sites for hydroxylation is 2. The van der Waals surface area contributed by atoms with E-state index in [2.05, 4.69) is 10.5 Å². The number of aromatic nitrogens is 1. The number of rotatable bonds is 6. The summed E-state index contributed by atoms with van der Waals surface area (Å²) in [7, 11) is -3.93. The Labute approximate surface area is 208 Å². The predicted octanol–water partition coefficient (Wildman–Crippen LogP) is 5.29. The molecule has 35 heavy (non-hydrogen) atoms. The summed E-state index contributed by atoms with van der Waals surface area (Å²) in [5.74, 6) is -0.870. The van der Waals surface area contributed by atoms with Crippen LogP contribution in [-0.2, 0) is 14.8 Å². The number of carbonyl (C=O) groups excluding carboxylic acids is 1. The molecular formula is C25H25ClFN3O4S. The van der Waals surface area contributed by atoms with Crippen LogP contribution in [0.15, 0.2) is 51.9 Å². The van der Waals surface area contributed by atoms with Crippen LogP contribution in [0.25, 0.3) is 12.2 Å². The minimum Gasteiger partial charge on any atom is -0.355 e. The molecule has 0 radical (unpaired) electrons. The Balaban J connectivity index is 1.46. The minimum atomic E-state index is -3.93. The van der Waals surface area contributed by atoms with Crippen molar-refractivity contribution in [2.45, 2.75) is 31.6 Å². The van der Waals surface area contributed by atoms with Crippen LogP contribution in [0.1, 0.15) is 35.4 Å². The number of piperidine rings is 1. The van der Waals surface area contributed by atoms with E-state index < -0.39 is 15.8 Å². The fraction of sp³-hybridized carbons (Fsp3) is 0.280. The van der Waals surface area contributed by atoms with Gasteiger partial charge in [-0.05, 0) is 68.7 Å². The second-order valence-electron chi connectivity index (χ2n) is 8.44. The van der Waals surface area contributed by atoms with Gasteiger partial charge in [-0.15, -0.1) is 0 Å². The molecule has 0 atom stereocenters. The van der Waals surface area contributed by atoms with Gasteiger partial charge in [0.15, 0.2) is 10.7 Å². The molecular weight excluding hydrogens is 493 g/mol. The molecule has 10 heteroatoms. The summed E-state index contributed by atoms with van der Waals surface area (Å²) in [6.45, 7) is 3.77. The second-order valence-corrected chi connectivity index (χ2v) is 10.8. The van der Waals surface area contributed by atoms with Gasteiger partial charge >= 0.3 is 0 Å². The molecule has 1 aromatic heterocycles. The molecule has 0 unspecified atom stereocenters. The quantitative estimate of drug-likeness (QED) is 0.479. The number of nitrogens with zero attached hydrogens (tertiary/aromatic N) is 2. The molecule has 2 aromatic carbocycles. The fourth-order valence-corrected chi connectivity index (χ4v) is 6.01. The van der Waals surface area contributed by atoms with Crippen molar-refractivity contribution in [1.82, 2.24) is 9.46 Å². The molecule has 1 saturated heterocycles. The van der Waals surface area contributed by atoms with Crippen LogP contribution >= 0.6 is 11.6 Å². The van der Waals surface area contributed by atoms with E-state index in [0.29, 0.717) is 29.1 Å². The number of hydrogen-bond acceptors (Lipinski definition) is 5. The number of amides is 1. The Bertz CT molecular complexity index is 1380. The summed E-state index contributed by atoms with van der Waals surface area (Å²) in [6, 6.07) is 11.4. The highest BCUT2D eigenvalue weighted by Gasteiger charge is 2.36.